The van der Waals surface area contributed by atoms with E-state index in [0.717, 1.165) is 47.4 Å². The predicted octanol–water partition coefficient (Wildman–Crippen LogP) is 6.82. The Kier molecular flexibility index (Phi) is 7.77. The minimum absolute atomic E-state index is 0.0205. The molecule has 4 saturated carbocycles. The molecule has 0 aromatic carbocycles. The number of Topliss-reactive ketones (excluding diaryl/α,β-unsaturated/α-hetero) is 1. The molecule has 9 rings (SSSR count). The van der Waals surface area contributed by atoms with Crippen LogP contribution in [0.4, 0.5) is 0 Å². The fourth-order valence-electron chi connectivity index (χ4n) is 13.2. The Bertz CT molecular complexity index is 1750. The van der Waals surface area contributed by atoms with Crippen LogP contribution in [0, 0.1) is 51.2 Å². The highest BCUT2D eigenvalue weighted by Crippen LogP contribution is 2.78. The Labute approximate surface area is 307 Å². The van der Waals surface area contributed by atoms with Gasteiger partial charge >= 0.3 is 5.97 Å². The second-order valence-corrected chi connectivity index (χ2v) is 20.1. The average molecular weight is 720 g/mol. The summed E-state index contributed by atoms with van der Waals surface area (Å²) < 4.78 is 11.5. The van der Waals surface area contributed by atoms with Gasteiger partial charge in [-0.2, -0.15) is 0 Å². The molecule has 8 aliphatic rings. The number of hydrogen-bond acceptors (Lipinski definition) is 8. The highest BCUT2D eigenvalue weighted by atomic mass is 32.1. The molecule has 9 heteroatoms. The lowest BCUT2D eigenvalue weighted by molar-refractivity contribution is -0.187. The van der Waals surface area contributed by atoms with Crippen molar-refractivity contribution < 1.29 is 34.1 Å². The summed E-state index contributed by atoms with van der Waals surface area (Å²) in [5.74, 6) is -0.260. The van der Waals surface area contributed by atoms with Gasteiger partial charge in [-0.15, -0.1) is 11.3 Å². The van der Waals surface area contributed by atoms with Gasteiger partial charge in [0, 0.05) is 52.4 Å². The summed E-state index contributed by atoms with van der Waals surface area (Å²) in [6, 6.07) is 3.97. The van der Waals surface area contributed by atoms with Crippen LogP contribution in [0.25, 0.3) is 0 Å². The lowest BCUT2D eigenvalue weighted by atomic mass is 9.32. The summed E-state index contributed by atoms with van der Waals surface area (Å²) in [5, 5.41) is 24.2. The number of methoxy groups -OCH3 is 1. The van der Waals surface area contributed by atoms with Crippen molar-refractivity contribution in [3.05, 3.63) is 45.7 Å². The molecule has 0 radical (unpaired) electrons. The Morgan fingerprint density at radius 3 is 2.33 bits per heavy atom. The highest BCUT2D eigenvalue weighted by molar-refractivity contribution is 7.14. The van der Waals surface area contributed by atoms with Gasteiger partial charge < -0.3 is 24.6 Å². The quantitative estimate of drug-likeness (QED) is 0.125. The zero-order chi connectivity index (χ0) is 36.6. The molecule has 1 aromatic rings. The van der Waals surface area contributed by atoms with Gasteiger partial charge in [-0.25, -0.2) is 0 Å². The maximum absolute atomic E-state index is 14.9. The van der Waals surface area contributed by atoms with Crippen LogP contribution in [0.1, 0.15) is 113 Å². The molecule has 2 N–H and O–H groups in total. The van der Waals surface area contributed by atoms with E-state index in [9.17, 15) is 24.6 Å². The van der Waals surface area contributed by atoms with Gasteiger partial charge in [0.15, 0.2) is 11.4 Å². The summed E-state index contributed by atoms with van der Waals surface area (Å²) in [5.41, 5.74) is -4.73. The van der Waals surface area contributed by atoms with Crippen LogP contribution < -0.4 is 0 Å². The van der Waals surface area contributed by atoms with Crippen LogP contribution in [-0.4, -0.2) is 76.9 Å². The number of allylic oxidation sites excluding steroid dienone is 4. The summed E-state index contributed by atoms with van der Waals surface area (Å²) >= 11 is 1.54. The third-order valence-electron chi connectivity index (χ3n) is 16.9. The van der Waals surface area contributed by atoms with Crippen LogP contribution in [0.5, 0.6) is 0 Å². The number of hydrogen-bond donors (Lipinski definition) is 2. The first-order valence-electron chi connectivity index (χ1n) is 19.4. The van der Waals surface area contributed by atoms with E-state index in [1.807, 2.05) is 39.8 Å². The minimum Gasteiger partial charge on any atom is -0.448 e. The standard InChI is InChI=1S/C42H57NO7S/c1-26-9-10-29(51-26)32(45)28-24-39-18-19-41(28)30(36(39,4)14-11-27(44)23-39)12-15-37(5)31(41)13-16-40(37,48)25-43(21-8-22-49-7)33(46)42-20-17-38(6,34(47)50-42)35(42,2)3/h9-10,18-19,24,27,30-31,44,48H,8,11-17,20-23,25H2,1-7H3. The Hall–Kier alpha value is -2.33. The number of fused-ring (bicyclic) bond motifs is 3. The van der Waals surface area contributed by atoms with Crippen LogP contribution in [0.3, 0.4) is 0 Å². The predicted molar refractivity (Wildman–Crippen MR) is 195 cm³/mol. The largest absolute Gasteiger partial charge is 0.448 e. The number of aliphatic hydroxyl groups excluding tert-OH is 1. The molecule has 1 saturated heterocycles. The first-order chi connectivity index (χ1) is 23.9. The van der Waals surface area contributed by atoms with Gasteiger partial charge in [0.2, 0.25) is 0 Å². The van der Waals surface area contributed by atoms with E-state index in [4.69, 9.17) is 9.47 Å². The van der Waals surface area contributed by atoms with Gasteiger partial charge in [0.1, 0.15) is 0 Å². The number of carbonyl (C=O) groups is 3. The molecule has 8 nitrogen and oxygen atoms in total. The number of ketones is 1. The van der Waals surface area contributed by atoms with Crippen molar-refractivity contribution in [3.63, 3.8) is 0 Å². The second kappa shape index (κ2) is 11.1. The number of thiophene rings is 1. The van der Waals surface area contributed by atoms with Crippen molar-refractivity contribution in [1.29, 1.82) is 0 Å². The molecule has 10 atom stereocenters. The number of esters is 1. The van der Waals surface area contributed by atoms with Crippen LogP contribution in [-0.2, 0) is 19.1 Å². The molecule has 5 fully saturated rings. The monoisotopic (exact) mass is 719 g/mol. The summed E-state index contributed by atoms with van der Waals surface area (Å²) in [4.78, 5) is 46.6. The number of aliphatic hydroxyl groups is 2. The Morgan fingerprint density at radius 1 is 0.980 bits per heavy atom. The maximum Gasteiger partial charge on any atom is 0.313 e. The molecule has 7 aliphatic carbocycles. The van der Waals surface area contributed by atoms with E-state index >= 15 is 0 Å². The minimum atomic E-state index is -1.27. The van der Waals surface area contributed by atoms with Crippen molar-refractivity contribution in [2.75, 3.05) is 26.8 Å². The van der Waals surface area contributed by atoms with Gasteiger partial charge in [-0.1, -0.05) is 45.9 Å². The molecule has 51 heavy (non-hydrogen) atoms. The number of rotatable bonds is 9. The average Bonchev–Trinajstić information content (AvgIpc) is 3.74. The van der Waals surface area contributed by atoms with Crippen molar-refractivity contribution in [2.45, 2.75) is 123 Å². The topological polar surface area (TPSA) is 113 Å². The lowest BCUT2D eigenvalue weighted by Gasteiger charge is -2.71. The first kappa shape index (κ1) is 35.7. The van der Waals surface area contributed by atoms with Gasteiger partial charge in [-0.05, 0) is 107 Å². The maximum atomic E-state index is 14.9. The van der Waals surface area contributed by atoms with E-state index in [2.05, 4.69) is 32.1 Å². The number of aryl methyl sites for hydroxylation is 1. The third-order valence-corrected chi connectivity index (χ3v) is 17.9. The van der Waals surface area contributed by atoms with Gasteiger partial charge in [0.25, 0.3) is 5.91 Å². The molecule has 1 aromatic heterocycles. The molecule has 2 heterocycles. The summed E-state index contributed by atoms with van der Waals surface area (Å²) in [6.45, 7) is 13.5. The number of amides is 1. The molecule has 1 aliphatic heterocycles. The normalized spacial score (nSPS) is 45.5. The Balaban J connectivity index is 1.19. The molecular formula is C42H57NO7S. The van der Waals surface area contributed by atoms with Crippen molar-refractivity contribution >= 4 is 29.0 Å². The van der Waals surface area contributed by atoms with Crippen molar-refractivity contribution in [1.82, 2.24) is 4.90 Å². The Morgan fingerprint density at radius 2 is 1.69 bits per heavy atom. The smallest absolute Gasteiger partial charge is 0.313 e. The fourth-order valence-corrected chi connectivity index (χ4v) is 14.1. The second-order valence-electron chi connectivity index (χ2n) is 18.8. The summed E-state index contributed by atoms with van der Waals surface area (Å²) in [7, 11) is 1.65. The van der Waals surface area contributed by atoms with Crippen molar-refractivity contribution in [3.8, 4) is 0 Å². The molecule has 278 valence electrons. The SMILES string of the molecule is COCCCN(CC1(O)CCC2C34C=CC5(C=C3C(=O)c3ccc(C)s3)CC(O)CCC5(C)C4CCC21C)C(=O)C12CCC(C)(C(=O)O1)C2(C)C. The molecule has 4 bridgehead atoms. The number of nitrogens with zero attached hydrogens (tertiary/aromatic N) is 1. The molecule has 10 unspecified atom stereocenters. The molecule has 2 spiro atoms. The zero-order valence-corrected chi connectivity index (χ0v) is 32.4. The van der Waals surface area contributed by atoms with E-state index in [1.54, 1.807) is 12.0 Å². The summed E-state index contributed by atoms with van der Waals surface area (Å²) in [6.07, 6.45) is 13.4. The fraction of sp³-hybridized carbons (Fsp3) is 0.738. The van der Waals surface area contributed by atoms with Crippen LogP contribution in [0.15, 0.2) is 35.9 Å². The van der Waals surface area contributed by atoms with Gasteiger partial charge in [0.05, 0.1) is 28.5 Å². The van der Waals surface area contributed by atoms with E-state index in [0.29, 0.717) is 45.3 Å². The molecule has 1 amide bonds. The third kappa shape index (κ3) is 4.21. The number of carbonyl (C=O) groups excluding carboxylic acids is 3. The van der Waals surface area contributed by atoms with Crippen LogP contribution in [0.2, 0.25) is 0 Å². The van der Waals surface area contributed by atoms with E-state index in [-0.39, 0.29) is 46.9 Å². The zero-order valence-electron chi connectivity index (χ0n) is 31.6. The number of ether oxygens (including phenoxy) is 2. The van der Waals surface area contributed by atoms with Gasteiger partial charge in [-0.3, -0.25) is 14.4 Å². The lowest BCUT2D eigenvalue weighted by Crippen LogP contribution is -2.68. The van der Waals surface area contributed by atoms with E-state index < -0.39 is 39.0 Å². The van der Waals surface area contributed by atoms with E-state index in [1.165, 1.54) is 11.3 Å². The van der Waals surface area contributed by atoms with Crippen LogP contribution >= 0.6 is 11.3 Å². The first-order valence-corrected chi connectivity index (χ1v) is 20.2. The molecular weight excluding hydrogens is 663 g/mol. The highest BCUT2D eigenvalue weighted by Gasteiger charge is 2.78. The van der Waals surface area contributed by atoms with Crippen molar-refractivity contribution in [2.24, 2.45) is 44.3 Å².